The Balaban J connectivity index is 1.81. The Hall–Kier alpha value is -1.93. The van der Waals surface area contributed by atoms with E-state index in [2.05, 4.69) is 9.97 Å². The van der Waals surface area contributed by atoms with Crippen molar-refractivity contribution in [3.05, 3.63) is 41.7 Å². The number of rotatable bonds is 3. The molecular formula is C20H22BF3N2O2. The summed E-state index contributed by atoms with van der Waals surface area (Å²) in [5.74, 6) is 0.735. The number of halogens is 3. The highest BCUT2D eigenvalue weighted by atomic mass is 19.4. The van der Waals surface area contributed by atoms with Crippen LogP contribution >= 0.6 is 0 Å². The van der Waals surface area contributed by atoms with Crippen LogP contribution in [-0.4, -0.2) is 28.3 Å². The lowest BCUT2D eigenvalue weighted by atomic mass is 9.83. The minimum atomic E-state index is -4.47. The van der Waals surface area contributed by atoms with Crippen molar-refractivity contribution in [1.82, 2.24) is 9.97 Å². The standard InChI is InChI=1S/C20H22BF3N2O2/c1-18(2)19(3,4)28-21(27-18)16-11-15(25-17(26-16)12-9-10-12)13-7-5-6-8-14(13)20(22,23)24/h5-8,11-12H,9-10H2,1-4H3. The summed E-state index contributed by atoms with van der Waals surface area (Å²) in [5, 5.41) is 0. The molecule has 1 aromatic heterocycles. The van der Waals surface area contributed by atoms with Crippen molar-refractivity contribution in [3.8, 4) is 11.3 Å². The molecule has 0 N–H and O–H groups in total. The van der Waals surface area contributed by atoms with Gasteiger partial charge in [0.25, 0.3) is 0 Å². The minimum absolute atomic E-state index is 0.0390. The first kappa shape index (κ1) is 19.4. The van der Waals surface area contributed by atoms with E-state index in [1.54, 1.807) is 12.1 Å². The maximum atomic E-state index is 13.5. The smallest absolute Gasteiger partial charge is 0.398 e. The number of alkyl halides is 3. The predicted octanol–water partition coefficient (Wildman–Crippen LogP) is 4.34. The quantitative estimate of drug-likeness (QED) is 0.732. The molecule has 1 aliphatic heterocycles. The largest absolute Gasteiger partial charge is 0.514 e. The number of benzene rings is 1. The molecule has 1 saturated heterocycles. The predicted molar refractivity (Wildman–Crippen MR) is 100 cm³/mol. The van der Waals surface area contributed by atoms with Gasteiger partial charge < -0.3 is 9.31 Å². The van der Waals surface area contributed by atoms with E-state index in [1.807, 2.05) is 27.7 Å². The van der Waals surface area contributed by atoms with Gasteiger partial charge in [-0.1, -0.05) is 18.2 Å². The van der Waals surface area contributed by atoms with E-state index in [9.17, 15) is 13.2 Å². The van der Waals surface area contributed by atoms with E-state index in [1.165, 1.54) is 12.1 Å². The van der Waals surface area contributed by atoms with Crippen molar-refractivity contribution in [2.24, 2.45) is 0 Å². The third-order valence-corrected chi connectivity index (χ3v) is 5.71. The maximum absolute atomic E-state index is 13.5. The van der Waals surface area contributed by atoms with E-state index in [4.69, 9.17) is 9.31 Å². The van der Waals surface area contributed by atoms with Crippen LogP contribution in [-0.2, 0) is 15.5 Å². The molecule has 4 nitrogen and oxygen atoms in total. The van der Waals surface area contributed by atoms with Gasteiger partial charge in [-0.15, -0.1) is 0 Å². The lowest BCUT2D eigenvalue weighted by molar-refractivity contribution is -0.137. The van der Waals surface area contributed by atoms with Gasteiger partial charge in [0.2, 0.25) is 0 Å². The van der Waals surface area contributed by atoms with Crippen LogP contribution in [0.3, 0.4) is 0 Å². The van der Waals surface area contributed by atoms with Crippen molar-refractivity contribution < 1.29 is 22.5 Å². The molecule has 2 aliphatic rings. The minimum Gasteiger partial charge on any atom is -0.398 e. The van der Waals surface area contributed by atoms with E-state index in [0.29, 0.717) is 11.4 Å². The molecule has 0 spiro atoms. The molecule has 28 heavy (non-hydrogen) atoms. The Morgan fingerprint density at radius 3 is 2.18 bits per heavy atom. The molecule has 2 heterocycles. The fourth-order valence-corrected chi connectivity index (χ4v) is 3.19. The fourth-order valence-electron chi connectivity index (χ4n) is 3.19. The van der Waals surface area contributed by atoms with Gasteiger partial charge in [0.05, 0.1) is 28.1 Å². The second-order valence-electron chi connectivity index (χ2n) is 8.44. The van der Waals surface area contributed by atoms with Gasteiger partial charge in [-0.05, 0) is 52.7 Å². The zero-order chi connectivity index (χ0) is 20.3. The SMILES string of the molecule is CC1(C)OB(c2cc(-c3ccccc3C(F)(F)F)nc(C3CC3)n2)OC1(C)C. The molecule has 0 radical (unpaired) electrons. The third kappa shape index (κ3) is 3.44. The lowest BCUT2D eigenvalue weighted by Crippen LogP contribution is -2.41. The summed E-state index contributed by atoms with van der Waals surface area (Å²) in [7, 11) is -0.748. The molecule has 0 atom stereocenters. The van der Waals surface area contributed by atoms with Crippen LogP contribution in [0.25, 0.3) is 11.3 Å². The summed E-state index contributed by atoms with van der Waals surface area (Å²) in [6.45, 7) is 7.71. The van der Waals surface area contributed by atoms with Crippen LogP contribution in [0.5, 0.6) is 0 Å². The molecule has 148 valence electrons. The molecule has 1 saturated carbocycles. The average Bonchev–Trinajstić information content (AvgIpc) is 3.41. The molecule has 4 rings (SSSR count). The molecule has 1 aliphatic carbocycles. The van der Waals surface area contributed by atoms with E-state index >= 15 is 0 Å². The highest BCUT2D eigenvalue weighted by molar-refractivity contribution is 6.61. The molecule has 2 fully saturated rings. The number of aromatic nitrogens is 2. The molecule has 0 unspecified atom stereocenters. The Morgan fingerprint density at radius 2 is 1.61 bits per heavy atom. The van der Waals surface area contributed by atoms with Crippen LogP contribution in [0, 0.1) is 0 Å². The first-order valence-electron chi connectivity index (χ1n) is 9.39. The number of nitrogens with zero attached hydrogens (tertiary/aromatic N) is 2. The number of hydrogen-bond donors (Lipinski definition) is 0. The molecule has 0 amide bonds. The zero-order valence-corrected chi connectivity index (χ0v) is 16.3. The van der Waals surface area contributed by atoms with Gasteiger partial charge in [-0.25, -0.2) is 9.97 Å². The van der Waals surface area contributed by atoms with Gasteiger partial charge in [-0.2, -0.15) is 13.2 Å². The van der Waals surface area contributed by atoms with Gasteiger partial charge in [0.15, 0.2) is 0 Å². The Labute approximate surface area is 162 Å². The normalized spacial score (nSPS) is 21.2. The van der Waals surface area contributed by atoms with Crippen molar-refractivity contribution in [2.45, 2.75) is 63.8 Å². The summed E-state index contributed by atoms with van der Waals surface area (Å²) in [4.78, 5) is 9.05. The van der Waals surface area contributed by atoms with Crippen LogP contribution in [0.1, 0.15) is 57.8 Å². The molecule has 8 heteroatoms. The monoisotopic (exact) mass is 390 g/mol. The van der Waals surface area contributed by atoms with Gasteiger partial charge in [0.1, 0.15) is 5.82 Å². The lowest BCUT2D eigenvalue weighted by Gasteiger charge is -2.32. The van der Waals surface area contributed by atoms with Crippen molar-refractivity contribution >= 4 is 12.7 Å². The first-order valence-corrected chi connectivity index (χ1v) is 9.39. The van der Waals surface area contributed by atoms with Crippen LogP contribution in [0.4, 0.5) is 13.2 Å². The van der Waals surface area contributed by atoms with E-state index < -0.39 is 30.1 Å². The highest BCUT2D eigenvalue weighted by Crippen LogP contribution is 2.41. The van der Waals surface area contributed by atoms with Crippen molar-refractivity contribution in [1.29, 1.82) is 0 Å². The zero-order valence-electron chi connectivity index (χ0n) is 16.3. The van der Waals surface area contributed by atoms with Gasteiger partial charge in [-0.3, -0.25) is 0 Å². The van der Waals surface area contributed by atoms with E-state index in [0.717, 1.165) is 18.9 Å². The third-order valence-electron chi connectivity index (χ3n) is 5.71. The Kier molecular flexibility index (Phi) is 4.36. The summed E-state index contributed by atoms with van der Waals surface area (Å²) in [5.41, 5.74) is -1.09. The topological polar surface area (TPSA) is 44.2 Å². The summed E-state index contributed by atoms with van der Waals surface area (Å²) >= 11 is 0. The summed E-state index contributed by atoms with van der Waals surface area (Å²) in [6.07, 6.45) is -2.59. The molecular weight excluding hydrogens is 368 g/mol. The maximum Gasteiger partial charge on any atom is 0.514 e. The second kappa shape index (κ2) is 6.29. The number of hydrogen-bond acceptors (Lipinski definition) is 4. The highest BCUT2D eigenvalue weighted by Gasteiger charge is 2.52. The van der Waals surface area contributed by atoms with Gasteiger partial charge in [0, 0.05) is 11.5 Å². The molecule has 2 aromatic rings. The van der Waals surface area contributed by atoms with E-state index in [-0.39, 0.29) is 17.2 Å². The summed E-state index contributed by atoms with van der Waals surface area (Å²) < 4.78 is 52.7. The Bertz CT molecular complexity index is 895. The first-order chi connectivity index (χ1) is 13.0. The molecule has 0 bridgehead atoms. The van der Waals surface area contributed by atoms with Gasteiger partial charge >= 0.3 is 13.3 Å². The fraction of sp³-hybridized carbons (Fsp3) is 0.500. The molecule has 1 aromatic carbocycles. The van der Waals surface area contributed by atoms with Crippen LogP contribution < -0.4 is 5.59 Å². The summed E-state index contributed by atoms with van der Waals surface area (Å²) in [6, 6.07) is 7.03. The van der Waals surface area contributed by atoms with Crippen LogP contribution in [0.15, 0.2) is 30.3 Å². The average molecular weight is 390 g/mol. The second-order valence-corrected chi connectivity index (χ2v) is 8.44. The Morgan fingerprint density at radius 1 is 1.00 bits per heavy atom. The van der Waals surface area contributed by atoms with Crippen molar-refractivity contribution in [2.75, 3.05) is 0 Å². The van der Waals surface area contributed by atoms with Crippen molar-refractivity contribution in [3.63, 3.8) is 0 Å². The van der Waals surface area contributed by atoms with Crippen LogP contribution in [0.2, 0.25) is 0 Å².